The van der Waals surface area contributed by atoms with Crippen LogP contribution in [-0.4, -0.2) is 91.1 Å². The highest BCUT2D eigenvalue weighted by Crippen LogP contribution is 2.36. The minimum Gasteiger partial charge on any atom is -0.465 e. The normalized spacial score (nSPS) is 17.9. The second kappa shape index (κ2) is 16.5. The number of benzene rings is 2. The number of H-pyrrole nitrogens is 2. The van der Waals surface area contributed by atoms with Gasteiger partial charge in [-0.15, -0.1) is 0 Å². The molecule has 55 heavy (non-hydrogen) atoms. The summed E-state index contributed by atoms with van der Waals surface area (Å²) in [6, 6.07) is 13.7. The van der Waals surface area contributed by atoms with Crippen LogP contribution in [-0.2, 0) is 14.3 Å². The van der Waals surface area contributed by atoms with E-state index < -0.39 is 24.3 Å². The fourth-order valence-corrected chi connectivity index (χ4v) is 7.52. The first-order valence-electron chi connectivity index (χ1n) is 18.6. The molecule has 15 nitrogen and oxygen atoms in total. The van der Waals surface area contributed by atoms with Crippen LogP contribution < -0.4 is 10.6 Å². The minimum absolute atomic E-state index is 0.126. The van der Waals surface area contributed by atoms with Gasteiger partial charge in [-0.3, -0.25) is 9.59 Å². The highest BCUT2D eigenvalue weighted by molar-refractivity contribution is 5.87. The highest BCUT2D eigenvalue weighted by Gasteiger charge is 2.39. The Morgan fingerprint density at radius 2 is 1.31 bits per heavy atom. The predicted octanol–water partition coefficient (Wildman–Crippen LogP) is 6.01. The first kappa shape index (κ1) is 38.6. The average Bonchev–Trinajstić information content (AvgIpc) is 4.01. The van der Waals surface area contributed by atoms with Gasteiger partial charge >= 0.3 is 12.2 Å². The fraction of sp³-hybridized carbons (Fsp3) is 0.425. The number of nitrogens with one attached hydrogen (secondary N) is 4. The number of aromatic amines is 2. The zero-order valence-electron chi connectivity index (χ0n) is 31.6. The maximum absolute atomic E-state index is 13.5. The molecule has 0 radical (unpaired) electrons. The molecular weight excluding hydrogens is 702 g/mol. The van der Waals surface area contributed by atoms with Gasteiger partial charge in [0, 0.05) is 18.7 Å². The number of hydrogen-bond acceptors (Lipinski definition) is 8. The number of likely N-dealkylation sites (tertiary alicyclic amines) is 2. The second-order valence-corrected chi connectivity index (χ2v) is 14.7. The Bertz CT molecular complexity index is 2080. The van der Waals surface area contributed by atoms with Gasteiger partial charge in [0.2, 0.25) is 11.8 Å². The summed E-state index contributed by atoms with van der Waals surface area (Å²) in [4.78, 5) is 69.7. The van der Waals surface area contributed by atoms with Crippen molar-refractivity contribution in [1.82, 2.24) is 40.4 Å². The van der Waals surface area contributed by atoms with E-state index in [0.717, 1.165) is 41.6 Å². The molecular formula is C40H47N9O6. The van der Waals surface area contributed by atoms with Crippen molar-refractivity contribution in [2.24, 2.45) is 11.8 Å². The van der Waals surface area contributed by atoms with E-state index in [1.165, 1.54) is 7.11 Å². The number of aromatic nitrogens is 4. The standard InChI is InChI=1S/C40H47N9O6/c1-22(2)33(46-39(52)53)37(50)48-16-7-9-32(48)36-43-21-30(45-36)28-15-14-26(18-27(28)19-41)24-10-12-25(13-11-24)29-20-42-35(44-29)31-8-6-17-49(31)38(51)34(23(3)4)47-40(54)55-5/h10-15,18,20-23,31-34,46H,6-9,16-17H2,1-5H3,(H,42,44)(H,43,45)(H,47,54)(H,52,53). The van der Waals surface area contributed by atoms with E-state index in [9.17, 15) is 29.5 Å². The van der Waals surface area contributed by atoms with Gasteiger partial charge in [-0.1, -0.05) is 64.1 Å². The lowest BCUT2D eigenvalue weighted by molar-refractivity contribution is -0.136. The Kier molecular flexibility index (Phi) is 11.5. The molecule has 288 valence electrons. The monoisotopic (exact) mass is 749 g/mol. The second-order valence-electron chi connectivity index (χ2n) is 14.7. The maximum atomic E-state index is 13.5. The zero-order chi connectivity index (χ0) is 39.4. The van der Waals surface area contributed by atoms with Crippen LogP contribution in [0.5, 0.6) is 0 Å². The van der Waals surface area contributed by atoms with Gasteiger partial charge in [-0.05, 0) is 60.3 Å². The Morgan fingerprint density at radius 1 is 0.800 bits per heavy atom. The molecule has 2 aromatic carbocycles. The first-order valence-corrected chi connectivity index (χ1v) is 18.6. The molecule has 4 aromatic rings. The van der Waals surface area contributed by atoms with E-state index in [-0.39, 0.29) is 35.7 Å². The average molecular weight is 750 g/mol. The number of carboxylic acid groups (broad SMARTS) is 1. The molecule has 4 unspecified atom stereocenters. The third-order valence-electron chi connectivity index (χ3n) is 10.5. The number of carbonyl (C=O) groups excluding carboxylic acids is 3. The summed E-state index contributed by atoms with van der Waals surface area (Å²) < 4.78 is 4.74. The number of nitriles is 1. The molecule has 2 aromatic heterocycles. The van der Waals surface area contributed by atoms with Gasteiger partial charge in [0.15, 0.2) is 0 Å². The smallest absolute Gasteiger partial charge is 0.407 e. The molecule has 5 N–H and O–H groups in total. The van der Waals surface area contributed by atoms with Crippen LogP contribution >= 0.6 is 0 Å². The number of methoxy groups -OCH3 is 1. The SMILES string of the molecule is COC(=O)NC(C(=O)N1CCCC1c1ncc(-c2ccc(-c3ccc(-c4cnc(C5CCCN5C(=O)C(NC(=O)O)C(C)C)[nH]4)c(C#N)c3)cc2)[nH]1)C(C)C. The summed E-state index contributed by atoms with van der Waals surface area (Å²) in [6.07, 6.45) is 4.56. The molecule has 2 fully saturated rings. The Hall–Kier alpha value is -6.17. The molecule has 0 bridgehead atoms. The number of ether oxygens (including phenoxy) is 1. The lowest BCUT2D eigenvalue weighted by Gasteiger charge is -2.30. The number of nitrogens with zero attached hydrogens (tertiary/aromatic N) is 5. The number of carbonyl (C=O) groups is 4. The summed E-state index contributed by atoms with van der Waals surface area (Å²) >= 11 is 0. The van der Waals surface area contributed by atoms with Crippen molar-refractivity contribution in [2.45, 2.75) is 77.5 Å². The fourth-order valence-electron chi connectivity index (χ4n) is 7.52. The molecule has 0 saturated carbocycles. The van der Waals surface area contributed by atoms with Crippen LogP contribution in [0.4, 0.5) is 9.59 Å². The van der Waals surface area contributed by atoms with E-state index in [1.807, 2.05) is 56.3 Å². The van der Waals surface area contributed by atoms with Gasteiger partial charge in [0.05, 0.1) is 54.6 Å². The highest BCUT2D eigenvalue weighted by atomic mass is 16.5. The third-order valence-corrected chi connectivity index (χ3v) is 10.5. The number of alkyl carbamates (subject to hydrolysis) is 1. The van der Waals surface area contributed by atoms with Crippen LogP contribution in [0.2, 0.25) is 0 Å². The van der Waals surface area contributed by atoms with Crippen molar-refractivity contribution in [2.75, 3.05) is 20.2 Å². The molecule has 2 aliphatic rings. The Morgan fingerprint density at radius 3 is 1.84 bits per heavy atom. The first-order chi connectivity index (χ1) is 26.4. The van der Waals surface area contributed by atoms with E-state index in [4.69, 9.17) is 4.74 Å². The minimum atomic E-state index is -1.24. The van der Waals surface area contributed by atoms with Gasteiger partial charge in [-0.2, -0.15) is 5.26 Å². The summed E-state index contributed by atoms with van der Waals surface area (Å²) in [5, 5.41) is 24.5. The number of hydrogen-bond donors (Lipinski definition) is 5. The molecule has 6 rings (SSSR count). The van der Waals surface area contributed by atoms with Crippen LogP contribution in [0.25, 0.3) is 33.6 Å². The lowest BCUT2D eigenvalue weighted by atomic mass is 9.97. The summed E-state index contributed by atoms with van der Waals surface area (Å²) in [6.45, 7) is 8.44. The van der Waals surface area contributed by atoms with E-state index >= 15 is 0 Å². The Balaban J connectivity index is 1.16. The van der Waals surface area contributed by atoms with Crippen LogP contribution in [0.1, 0.15) is 82.7 Å². The van der Waals surface area contributed by atoms with Gasteiger partial charge in [0.25, 0.3) is 0 Å². The number of amides is 4. The lowest BCUT2D eigenvalue weighted by Crippen LogP contribution is -2.51. The summed E-state index contributed by atoms with van der Waals surface area (Å²) in [5.41, 5.74) is 5.26. The van der Waals surface area contributed by atoms with E-state index in [1.54, 1.807) is 36.0 Å². The largest absolute Gasteiger partial charge is 0.465 e. The summed E-state index contributed by atoms with van der Waals surface area (Å²) in [7, 11) is 1.27. The predicted molar refractivity (Wildman–Crippen MR) is 203 cm³/mol. The van der Waals surface area contributed by atoms with Crippen molar-refractivity contribution in [1.29, 1.82) is 5.26 Å². The molecule has 4 heterocycles. The maximum Gasteiger partial charge on any atom is 0.407 e. The molecule has 15 heteroatoms. The van der Waals surface area contributed by atoms with Crippen molar-refractivity contribution in [3.8, 4) is 39.7 Å². The Labute approximate surface area is 319 Å². The van der Waals surface area contributed by atoms with Crippen molar-refractivity contribution in [3.05, 3.63) is 72.1 Å². The van der Waals surface area contributed by atoms with E-state index in [2.05, 4.69) is 36.6 Å². The molecule has 2 aliphatic heterocycles. The van der Waals surface area contributed by atoms with Crippen LogP contribution in [0, 0.1) is 23.2 Å². The van der Waals surface area contributed by atoms with Crippen molar-refractivity contribution in [3.63, 3.8) is 0 Å². The molecule has 0 aliphatic carbocycles. The van der Waals surface area contributed by atoms with Gasteiger partial charge in [0.1, 0.15) is 23.7 Å². The van der Waals surface area contributed by atoms with Gasteiger partial charge in [-0.25, -0.2) is 19.6 Å². The molecule has 4 amide bonds. The third kappa shape index (κ3) is 8.18. The topological polar surface area (TPSA) is 209 Å². The van der Waals surface area contributed by atoms with Crippen LogP contribution in [0.15, 0.2) is 54.9 Å². The molecule has 0 spiro atoms. The zero-order valence-corrected chi connectivity index (χ0v) is 31.6. The van der Waals surface area contributed by atoms with Gasteiger partial charge < -0.3 is 40.2 Å². The number of imidazole rings is 2. The van der Waals surface area contributed by atoms with Crippen LogP contribution in [0.3, 0.4) is 0 Å². The molecule has 2 saturated heterocycles. The summed E-state index contributed by atoms with van der Waals surface area (Å²) in [5.74, 6) is 0.477. The molecule has 4 atom stereocenters. The van der Waals surface area contributed by atoms with E-state index in [0.29, 0.717) is 48.0 Å². The van der Waals surface area contributed by atoms with Crippen molar-refractivity contribution >= 4 is 24.0 Å². The van der Waals surface area contributed by atoms with Crippen molar-refractivity contribution < 1.29 is 29.0 Å². The quantitative estimate of drug-likeness (QED) is 0.122. The number of rotatable bonds is 11.